The molecule has 0 radical (unpaired) electrons. The van der Waals surface area contributed by atoms with Crippen molar-refractivity contribution in [1.82, 2.24) is 14.8 Å². The Balaban J connectivity index is 1.78. The summed E-state index contributed by atoms with van der Waals surface area (Å²) in [6.45, 7) is 0.397. The van der Waals surface area contributed by atoms with Gasteiger partial charge in [0.25, 0.3) is 5.56 Å². The highest BCUT2D eigenvalue weighted by Crippen LogP contribution is 2.17. The standard InChI is InChI=1S/C20H15N3O/c24-19-12-11-18(15-6-2-1-3-7-15)22-23(19)14-17-9-4-8-16-10-5-13-21-20(16)17/h1-13H,14H2. The number of nitrogens with zero attached hydrogens (tertiary/aromatic N) is 3. The van der Waals surface area contributed by atoms with Gasteiger partial charge in [-0.2, -0.15) is 5.10 Å². The molecular formula is C20H15N3O. The van der Waals surface area contributed by atoms with Crippen LogP contribution < -0.4 is 5.56 Å². The highest BCUT2D eigenvalue weighted by molar-refractivity contribution is 5.81. The summed E-state index contributed by atoms with van der Waals surface area (Å²) >= 11 is 0. The number of benzene rings is 2. The quantitative estimate of drug-likeness (QED) is 0.581. The third kappa shape index (κ3) is 2.70. The van der Waals surface area contributed by atoms with Gasteiger partial charge in [0, 0.05) is 23.2 Å². The molecule has 4 heteroatoms. The van der Waals surface area contributed by atoms with Crippen LogP contribution in [0.3, 0.4) is 0 Å². The van der Waals surface area contributed by atoms with Gasteiger partial charge in [0.2, 0.25) is 0 Å². The lowest BCUT2D eigenvalue weighted by atomic mass is 10.1. The number of hydrogen-bond acceptors (Lipinski definition) is 3. The van der Waals surface area contributed by atoms with Gasteiger partial charge in [0.15, 0.2) is 0 Å². The average Bonchev–Trinajstić information content (AvgIpc) is 2.64. The minimum atomic E-state index is -0.123. The van der Waals surface area contributed by atoms with E-state index in [1.807, 2.05) is 60.7 Å². The maximum atomic E-state index is 12.2. The van der Waals surface area contributed by atoms with Crippen molar-refractivity contribution in [3.8, 4) is 11.3 Å². The topological polar surface area (TPSA) is 47.8 Å². The fourth-order valence-electron chi connectivity index (χ4n) is 2.78. The van der Waals surface area contributed by atoms with Gasteiger partial charge in [-0.25, -0.2) is 4.68 Å². The summed E-state index contributed by atoms with van der Waals surface area (Å²) in [5, 5.41) is 5.58. The van der Waals surface area contributed by atoms with E-state index in [2.05, 4.69) is 10.1 Å². The maximum Gasteiger partial charge on any atom is 0.267 e. The molecule has 0 fully saturated rings. The number of fused-ring (bicyclic) bond motifs is 1. The van der Waals surface area contributed by atoms with Gasteiger partial charge in [-0.1, -0.05) is 54.6 Å². The first-order valence-electron chi connectivity index (χ1n) is 7.77. The van der Waals surface area contributed by atoms with Crippen molar-refractivity contribution in [3.63, 3.8) is 0 Å². The van der Waals surface area contributed by atoms with Crippen molar-refractivity contribution in [2.24, 2.45) is 0 Å². The van der Waals surface area contributed by atoms with E-state index >= 15 is 0 Å². The maximum absolute atomic E-state index is 12.2. The van der Waals surface area contributed by atoms with E-state index in [1.54, 1.807) is 18.3 Å². The Labute approximate surface area is 139 Å². The van der Waals surface area contributed by atoms with E-state index in [0.717, 1.165) is 27.7 Å². The van der Waals surface area contributed by atoms with Gasteiger partial charge in [-0.05, 0) is 17.7 Å². The van der Waals surface area contributed by atoms with E-state index < -0.39 is 0 Å². The molecule has 24 heavy (non-hydrogen) atoms. The molecule has 0 saturated heterocycles. The first-order valence-corrected chi connectivity index (χ1v) is 7.77. The summed E-state index contributed by atoms with van der Waals surface area (Å²) in [6, 6.07) is 23.1. The van der Waals surface area contributed by atoms with Crippen molar-refractivity contribution < 1.29 is 0 Å². The van der Waals surface area contributed by atoms with E-state index in [1.165, 1.54) is 4.68 Å². The highest BCUT2D eigenvalue weighted by Gasteiger charge is 2.07. The number of aromatic nitrogens is 3. The van der Waals surface area contributed by atoms with Crippen LogP contribution >= 0.6 is 0 Å². The Kier molecular flexibility index (Phi) is 3.63. The summed E-state index contributed by atoms with van der Waals surface area (Å²) in [5.41, 5.74) is 3.53. The number of para-hydroxylation sites is 1. The SMILES string of the molecule is O=c1ccc(-c2ccccc2)nn1Cc1cccc2cccnc12. The molecule has 116 valence electrons. The molecule has 2 aromatic heterocycles. The number of pyridine rings is 1. The van der Waals surface area contributed by atoms with E-state index in [0.29, 0.717) is 6.54 Å². The second-order valence-corrected chi connectivity index (χ2v) is 5.57. The Morgan fingerprint density at radius 3 is 2.54 bits per heavy atom. The molecule has 0 bridgehead atoms. The largest absolute Gasteiger partial charge is 0.268 e. The number of rotatable bonds is 3. The monoisotopic (exact) mass is 313 g/mol. The lowest BCUT2D eigenvalue weighted by Gasteiger charge is -2.09. The molecule has 0 spiro atoms. The van der Waals surface area contributed by atoms with Crippen molar-refractivity contribution in [1.29, 1.82) is 0 Å². The average molecular weight is 313 g/mol. The zero-order chi connectivity index (χ0) is 16.4. The molecule has 0 saturated carbocycles. The number of hydrogen-bond donors (Lipinski definition) is 0. The third-order valence-electron chi connectivity index (χ3n) is 3.97. The van der Waals surface area contributed by atoms with Crippen LogP contribution in [-0.4, -0.2) is 14.8 Å². The third-order valence-corrected chi connectivity index (χ3v) is 3.97. The zero-order valence-corrected chi connectivity index (χ0v) is 13.0. The van der Waals surface area contributed by atoms with Crippen LogP contribution in [0.15, 0.2) is 83.8 Å². The Morgan fingerprint density at radius 2 is 1.67 bits per heavy atom. The molecular weight excluding hydrogens is 298 g/mol. The van der Waals surface area contributed by atoms with E-state index in [-0.39, 0.29) is 5.56 Å². The summed E-state index contributed by atoms with van der Waals surface area (Å²) < 4.78 is 1.49. The van der Waals surface area contributed by atoms with Crippen molar-refractivity contribution in [2.45, 2.75) is 6.54 Å². The van der Waals surface area contributed by atoms with E-state index in [4.69, 9.17) is 0 Å². The summed E-state index contributed by atoms with van der Waals surface area (Å²) in [7, 11) is 0. The van der Waals surface area contributed by atoms with Crippen molar-refractivity contribution >= 4 is 10.9 Å². The van der Waals surface area contributed by atoms with Crippen molar-refractivity contribution in [2.75, 3.05) is 0 Å². The normalized spacial score (nSPS) is 10.8. The minimum Gasteiger partial charge on any atom is -0.268 e. The molecule has 2 aromatic carbocycles. The molecule has 0 atom stereocenters. The van der Waals surface area contributed by atoms with Crippen molar-refractivity contribution in [3.05, 3.63) is 94.9 Å². The molecule has 0 unspecified atom stereocenters. The van der Waals surface area contributed by atoms with Gasteiger partial charge < -0.3 is 0 Å². The Hall–Kier alpha value is -3.27. The summed E-state index contributed by atoms with van der Waals surface area (Å²) in [6.07, 6.45) is 1.77. The minimum absolute atomic E-state index is 0.123. The zero-order valence-electron chi connectivity index (χ0n) is 13.0. The van der Waals surface area contributed by atoms with Gasteiger partial charge >= 0.3 is 0 Å². The van der Waals surface area contributed by atoms with Crippen LogP contribution in [0.25, 0.3) is 22.2 Å². The summed E-state index contributed by atoms with van der Waals surface area (Å²) in [4.78, 5) is 16.7. The lowest BCUT2D eigenvalue weighted by molar-refractivity contribution is 0.645. The molecule has 0 aliphatic rings. The van der Waals surface area contributed by atoms with Crippen LogP contribution in [0.1, 0.15) is 5.56 Å². The molecule has 0 amide bonds. The fourth-order valence-corrected chi connectivity index (χ4v) is 2.78. The van der Waals surface area contributed by atoms with E-state index in [9.17, 15) is 4.79 Å². The van der Waals surface area contributed by atoms with Crippen LogP contribution in [0.4, 0.5) is 0 Å². The molecule has 2 heterocycles. The molecule has 0 aliphatic heterocycles. The first kappa shape index (κ1) is 14.3. The van der Waals surface area contributed by atoms with Gasteiger partial charge in [0.05, 0.1) is 17.8 Å². The molecule has 4 nitrogen and oxygen atoms in total. The van der Waals surface area contributed by atoms with Crippen LogP contribution in [-0.2, 0) is 6.54 Å². The molecule has 0 N–H and O–H groups in total. The van der Waals surface area contributed by atoms with Gasteiger partial charge in [-0.3, -0.25) is 9.78 Å². The predicted octanol–water partition coefficient (Wildman–Crippen LogP) is 3.51. The lowest BCUT2D eigenvalue weighted by Crippen LogP contribution is -2.23. The van der Waals surface area contributed by atoms with Crippen LogP contribution in [0.5, 0.6) is 0 Å². The summed E-state index contributed by atoms with van der Waals surface area (Å²) in [5.74, 6) is 0. The Morgan fingerprint density at radius 1 is 0.833 bits per heavy atom. The molecule has 0 aliphatic carbocycles. The first-order chi connectivity index (χ1) is 11.8. The van der Waals surface area contributed by atoms with Crippen LogP contribution in [0, 0.1) is 0 Å². The predicted molar refractivity (Wildman–Crippen MR) is 94.8 cm³/mol. The molecule has 4 rings (SSSR count). The van der Waals surface area contributed by atoms with Gasteiger partial charge in [0.1, 0.15) is 0 Å². The Bertz CT molecular complexity index is 1050. The second kappa shape index (κ2) is 6.08. The smallest absolute Gasteiger partial charge is 0.267 e. The molecule has 4 aromatic rings. The second-order valence-electron chi connectivity index (χ2n) is 5.57. The van der Waals surface area contributed by atoms with Gasteiger partial charge in [-0.15, -0.1) is 0 Å². The highest BCUT2D eigenvalue weighted by atomic mass is 16.1. The van der Waals surface area contributed by atoms with Crippen LogP contribution in [0.2, 0.25) is 0 Å². The fraction of sp³-hybridized carbons (Fsp3) is 0.0500.